The molecule has 12 heavy (non-hydrogen) atoms. The average Bonchev–Trinajstić information content (AvgIpc) is 2.29. The minimum atomic E-state index is 0.446. The summed E-state index contributed by atoms with van der Waals surface area (Å²) in [7, 11) is 0. The van der Waals surface area contributed by atoms with E-state index in [0.29, 0.717) is 16.5 Å². The number of fused-ring (bicyclic) bond motifs is 1. The first-order valence-electron chi connectivity index (χ1n) is 3.44. The fourth-order valence-electron chi connectivity index (χ4n) is 0.993. The molecule has 0 aliphatic heterocycles. The molecule has 0 unspecified atom stereocenters. The van der Waals surface area contributed by atoms with Crippen molar-refractivity contribution in [3.63, 3.8) is 0 Å². The van der Waals surface area contributed by atoms with Gasteiger partial charge in [0, 0.05) is 0 Å². The lowest BCUT2D eigenvalue weighted by molar-refractivity contribution is 1.09. The van der Waals surface area contributed by atoms with Gasteiger partial charge in [-0.05, 0) is 13.8 Å². The third-order valence-corrected chi connectivity index (χ3v) is 2.56. The summed E-state index contributed by atoms with van der Waals surface area (Å²) in [6.45, 7) is 3.75. The summed E-state index contributed by atoms with van der Waals surface area (Å²) < 4.78 is 0. The summed E-state index contributed by atoms with van der Waals surface area (Å²) in [5.41, 5.74) is 0.713. The predicted octanol–water partition coefficient (Wildman–Crippen LogP) is 2.36. The molecule has 0 saturated carbocycles. The number of rotatable bonds is 0. The number of hydrogen-bond donors (Lipinski definition) is 0. The van der Waals surface area contributed by atoms with Crippen molar-refractivity contribution in [2.24, 2.45) is 0 Å². The quantitative estimate of drug-likeness (QED) is 0.612. The van der Waals surface area contributed by atoms with Crippen molar-refractivity contribution in [2.45, 2.75) is 13.8 Å². The van der Waals surface area contributed by atoms with Crippen molar-refractivity contribution < 1.29 is 0 Å². The standard InChI is InChI=1S/C7H6ClN3S/c1-3-9-6(8)5-7(10-3)12-4(2)11-5/h1-2H3. The van der Waals surface area contributed by atoms with Crippen LogP contribution in [0.4, 0.5) is 0 Å². The molecule has 0 atom stereocenters. The number of thiazole rings is 1. The number of halogens is 1. The molecule has 0 fully saturated rings. The van der Waals surface area contributed by atoms with Crippen LogP contribution < -0.4 is 0 Å². The SMILES string of the molecule is Cc1nc(Cl)c2nc(C)sc2n1. The fourth-order valence-corrected chi connectivity index (χ4v) is 2.14. The lowest BCUT2D eigenvalue weighted by atomic mass is 10.5. The molecule has 0 saturated heterocycles. The molecule has 0 aliphatic rings. The van der Waals surface area contributed by atoms with Crippen LogP contribution in [0, 0.1) is 13.8 Å². The zero-order valence-corrected chi connectivity index (χ0v) is 8.20. The number of hydrogen-bond acceptors (Lipinski definition) is 4. The van der Waals surface area contributed by atoms with Crippen molar-refractivity contribution in [2.75, 3.05) is 0 Å². The van der Waals surface area contributed by atoms with Gasteiger partial charge in [0.05, 0.1) is 5.01 Å². The van der Waals surface area contributed by atoms with Crippen molar-refractivity contribution in [1.82, 2.24) is 15.0 Å². The van der Waals surface area contributed by atoms with Gasteiger partial charge in [-0.1, -0.05) is 22.9 Å². The van der Waals surface area contributed by atoms with E-state index in [4.69, 9.17) is 11.6 Å². The molecule has 2 heterocycles. The Bertz CT molecular complexity index is 437. The highest BCUT2D eigenvalue weighted by Crippen LogP contribution is 2.24. The van der Waals surface area contributed by atoms with E-state index in [0.717, 1.165) is 9.84 Å². The Labute approximate surface area is 78.4 Å². The highest BCUT2D eigenvalue weighted by molar-refractivity contribution is 7.18. The van der Waals surface area contributed by atoms with Crippen LogP contribution in [0.2, 0.25) is 5.15 Å². The second-order valence-corrected chi connectivity index (χ2v) is 3.99. The first-order valence-corrected chi connectivity index (χ1v) is 4.63. The Morgan fingerprint density at radius 2 is 1.92 bits per heavy atom. The highest BCUT2D eigenvalue weighted by atomic mass is 35.5. The van der Waals surface area contributed by atoms with Crippen LogP contribution in [0.5, 0.6) is 0 Å². The lowest BCUT2D eigenvalue weighted by Gasteiger charge is -1.92. The number of aromatic nitrogens is 3. The molecule has 0 bridgehead atoms. The van der Waals surface area contributed by atoms with Gasteiger partial charge in [0.15, 0.2) is 5.15 Å². The van der Waals surface area contributed by atoms with Crippen molar-refractivity contribution >= 4 is 33.3 Å². The van der Waals surface area contributed by atoms with Crippen molar-refractivity contribution in [3.05, 3.63) is 16.0 Å². The number of nitrogens with zero attached hydrogens (tertiary/aromatic N) is 3. The van der Waals surface area contributed by atoms with Gasteiger partial charge in [0.25, 0.3) is 0 Å². The molecule has 2 aromatic rings. The second-order valence-electron chi connectivity index (χ2n) is 2.45. The monoisotopic (exact) mass is 199 g/mol. The summed E-state index contributed by atoms with van der Waals surface area (Å²) >= 11 is 7.40. The van der Waals surface area contributed by atoms with E-state index in [1.807, 2.05) is 13.8 Å². The first kappa shape index (κ1) is 7.89. The normalized spacial score (nSPS) is 10.9. The van der Waals surface area contributed by atoms with E-state index < -0.39 is 0 Å². The molecule has 0 radical (unpaired) electrons. The maximum absolute atomic E-state index is 5.87. The molecule has 2 aromatic heterocycles. The molecular formula is C7H6ClN3S. The third kappa shape index (κ3) is 1.17. The topological polar surface area (TPSA) is 38.7 Å². The summed E-state index contributed by atoms with van der Waals surface area (Å²) in [6.07, 6.45) is 0. The smallest absolute Gasteiger partial charge is 0.159 e. The average molecular weight is 200 g/mol. The van der Waals surface area contributed by atoms with E-state index in [1.165, 1.54) is 11.3 Å². The Kier molecular flexibility index (Phi) is 1.73. The van der Waals surface area contributed by atoms with Gasteiger partial charge < -0.3 is 0 Å². The van der Waals surface area contributed by atoms with E-state index in [2.05, 4.69) is 15.0 Å². The molecule has 0 amide bonds. The lowest BCUT2D eigenvalue weighted by Crippen LogP contribution is -1.87. The maximum atomic E-state index is 5.87. The molecule has 62 valence electrons. The molecule has 0 N–H and O–H groups in total. The zero-order valence-electron chi connectivity index (χ0n) is 6.63. The molecule has 0 aliphatic carbocycles. The van der Waals surface area contributed by atoms with Crippen LogP contribution >= 0.6 is 22.9 Å². The van der Waals surface area contributed by atoms with Gasteiger partial charge in [-0.2, -0.15) is 0 Å². The third-order valence-electron chi connectivity index (χ3n) is 1.43. The summed E-state index contributed by atoms with van der Waals surface area (Å²) in [5, 5.41) is 1.41. The highest BCUT2D eigenvalue weighted by Gasteiger charge is 2.07. The first-order chi connectivity index (χ1) is 5.66. The Hall–Kier alpha value is -0.740. The molecule has 2 rings (SSSR count). The van der Waals surface area contributed by atoms with Crippen LogP contribution in [-0.4, -0.2) is 15.0 Å². The van der Waals surface area contributed by atoms with Gasteiger partial charge in [-0.15, -0.1) is 0 Å². The van der Waals surface area contributed by atoms with E-state index >= 15 is 0 Å². The van der Waals surface area contributed by atoms with Crippen LogP contribution in [0.15, 0.2) is 0 Å². The van der Waals surface area contributed by atoms with Gasteiger partial charge in [0.1, 0.15) is 16.2 Å². The van der Waals surface area contributed by atoms with E-state index in [1.54, 1.807) is 0 Å². The van der Waals surface area contributed by atoms with Gasteiger partial charge in [0.2, 0.25) is 0 Å². The van der Waals surface area contributed by atoms with E-state index in [-0.39, 0.29) is 0 Å². The molecule has 0 spiro atoms. The van der Waals surface area contributed by atoms with E-state index in [9.17, 15) is 0 Å². The predicted molar refractivity (Wildman–Crippen MR) is 49.7 cm³/mol. The van der Waals surface area contributed by atoms with Crippen molar-refractivity contribution in [3.8, 4) is 0 Å². The Balaban J connectivity index is 2.88. The van der Waals surface area contributed by atoms with Crippen molar-refractivity contribution in [1.29, 1.82) is 0 Å². The van der Waals surface area contributed by atoms with Gasteiger partial charge >= 0.3 is 0 Å². The summed E-state index contributed by atoms with van der Waals surface area (Å²) in [5.74, 6) is 0.691. The summed E-state index contributed by atoms with van der Waals surface area (Å²) in [4.78, 5) is 13.3. The zero-order chi connectivity index (χ0) is 8.72. The maximum Gasteiger partial charge on any atom is 0.159 e. The fraction of sp³-hybridized carbons (Fsp3) is 0.286. The number of aryl methyl sites for hydroxylation is 2. The van der Waals surface area contributed by atoms with Crippen LogP contribution in [-0.2, 0) is 0 Å². The molecule has 0 aromatic carbocycles. The van der Waals surface area contributed by atoms with Gasteiger partial charge in [-0.25, -0.2) is 15.0 Å². The summed E-state index contributed by atoms with van der Waals surface area (Å²) in [6, 6.07) is 0. The minimum Gasteiger partial charge on any atom is -0.236 e. The van der Waals surface area contributed by atoms with Crippen LogP contribution in [0.25, 0.3) is 10.3 Å². The molecule has 3 nitrogen and oxygen atoms in total. The van der Waals surface area contributed by atoms with Crippen LogP contribution in [0.1, 0.15) is 10.8 Å². The van der Waals surface area contributed by atoms with Gasteiger partial charge in [-0.3, -0.25) is 0 Å². The largest absolute Gasteiger partial charge is 0.236 e. The second kappa shape index (κ2) is 2.64. The Morgan fingerprint density at radius 1 is 1.17 bits per heavy atom. The van der Waals surface area contributed by atoms with Crippen LogP contribution in [0.3, 0.4) is 0 Å². The Morgan fingerprint density at radius 3 is 2.67 bits per heavy atom. The minimum absolute atomic E-state index is 0.446. The molecule has 5 heteroatoms. The molecular weight excluding hydrogens is 194 g/mol.